The minimum Gasteiger partial charge on any atom is -0.324 e. The Morgan fingerprint density at radius 1 is 0.929 bits per heavy atom. The number of Topliss-reactive ketones (excluding diaryl/α,β-unsaturated/α-hetero) is 1. The van der Waals surface area contributed by atoms with Crippen LogP contribution in [0.25, 0.3) is 0 Å². The van der Waals surface area contributed by atoms with E-state index in [9.17, 15) is 9.59 Å². The molecule has 0 aliphatic heterocycles. The van der Waals surface area contributed by atoms with Gasteiger partial charge in [0.25, 0.3) is 5.91 Å². The average molecular weight is 374 g/mol. The Balaban J connectivity index is 1.83. The van der Waals surface area contributed by atoms with Crippen molar-refractivity contribution < 1.29 is 9.59 Å². The van der Waals surface area contributed by atoms with Crippen molar-refractivity contribution in [1.29, 1.82) is 0 Å². The van der Waals surface area contributed by atoms with Crippen molar-refractivity contribution in [2.45, 2.75) is 27.7 Å². The first kappa shape index (κ1) is 19.2. The molecular weight excluding hydrogens is 352 g/mol. The predicted molar refractivity (Wildman–Crippen MR) is 110 cm³/mol. The summed E-state index contributed by atoms with van der Waals surface area (Å²) in [6.07, 6.45) is 0. The van der Waals surface area contributed by atoms with Gasteiger partial charge in [-0.15, -0.1) is 0 Å². The van der Waals surface area contributed by atoms with E-state index < -0.39 is 0 Å². The van der Waals surface area contributed by atoms with Crippen molar-refractivity contribution >= 4 is 29.0 Å². The van der Waals surface area contributed by atoms with Gasteiger partial charge < -0.3 is 10.6 Å². The van der Waals surface area contributed by atoms with E-state index in [1.165, 1.54) is 12.5 Å². The number of benzene rings is 2. The molecule has 0 bridgehead atoms. The largest absolute Gasteiger partial charge is 0.324 e. The number of ketones is 1. The lowest BCUT2D eigenvalue weighted by molar-refractivity contribution is 0.100. The minimum atomic E-state index is -0.366. The van der Waals surface area contributed by atoms with Crippen LogP contribution in [0.15, 0.2) is 48.5 Å². The Hall–Kier alpha value is -3.54. The molecule has 0 aliphatic carbocycles. The average Bonchev–Trinajstić information content (AvgIpc) is 2.64. The maximum atomic E-state index is 12.6. The van der Waals surface area contributed by atoms with E-state index in [1.807, 2.05) is 32.9 Å². The molecule has 0 atom stereocenters. The highest BCUT2D eigenvalue weighted by Crippen LogP contribution is 2.20. The first-order valence-electron chi connectivity index (χ1n) is 8.94. The zero-order valence-corrected chi connectivity index (χ0v) is 16.3. The molecule has 1 amide bonds. The van der Waals surface area contributed by atoms with Crippen molar-refractivity contribution in [3.05, 3.63) is 76.6 Å². The molecule has 3 rings (SSSR count). The quantitative estimate of drug-likeness (QED) is 0.638. The Morgan fingerprint density at radius 2 is 1.71 bits per heavy atom. The molecule has 1 aromatic heterocycles. The molecule has 0 saturated carbocycles. The van der Waals surface area contributed by atoms with Gasteiger partial charge in [0.2, 0.25) is 5.95 Å². The Bertz CT molecular complexity index is 1060. The molecule has 142 valence electrons. The van der Waals surface area contributed by atoms with E-state index in [0.29, 0.717) is 22.9 Å². The molecular formula is C22H22N4O2. The highest BCUT2D eigenvalue weighted by Gasteiger charge is 2.12. The second-order valence-corrected chi connectivity index (χ2v) is 6.75. The van der Waals surface area contributed by atoms with Crippen molar-refractivity contribution in [1.82, 2.24) is 9.97 Å². The van der Waals surface area contributed by atoms with Gasteiger partial charge in [-0.25, -0.2) is 9.97 Å². The lowest BCUT2D eigenvalue weighted by Crippen LogP contribution is -2.16. The first-order valence-corrected chi connectivity index (χ1v) is 8.94. The topological polar surface area (TPSA) is 84.0 Å². The van der Waals surface area contributed by atoms with E-state index in [0.717, 1.165) is 11.3 Å². The summed E-state index contributed by atoms with van der Waals surface area (Å²) in [5.74, 6) is -0.0709. The van der Waals surface area contributed by atoms with Gasteiger partial charge in [0.05, 0.1) is 0 Å². The summed E-state index contributed by atoms with van der Waals surface area (Å²) in [6, 6.07) is 14.5. The maximum absolute atomic E-state index is 12.6. The SMILES string of the molecule is CC(=O)c1cccc(NC(=O)c2cc(C)nc(Nc3ccc(C)cc3C)n2)c1. The molecule has 2 N–H and O–H groups in total. The number of nitrogens with zero attached hydrogens (tertiary/aromatic N) is 2. The van der Waals surface area contributed by atoms with Crippen molar-refractivity contribution in [2.75, 3.05) is 10.6 Å². The summed E-state index contributed by atoms with van der Waals surface area (Å²) in [4.78, 5) is 32.9. The summed E-state index contributed by atoms with van der Waals surface area (Å²) in [7, 11) is 0. The highest BCUT2D eigenvalue weighted by molar-refractivity contribution is 6.04. The van der Waals surface area contributed by atoms with Gasteiger partial charge in [0.15, 0.2) is 5.78 Å². The lowest BCUT2D eigenvalue weighted by atomic mass is 10.1. The van der Waals surface area contributed by atoms with Crippen LogP contribution in [-0.2, 0) is 0 Å². The number of rotatable bonds is 5. The third kappa shape index (κ3) is 4.59. The van der Waals surface area contributed by atoms with Crippen LogP contribution >= 0.6 is 0 Å². The number of carbonyl (C=O) groups is 2. The van der Waals surface area contributed by atoms with E-state index in [4.69, 9.17) is 0 Å². The number of aryl methyl sites for hydroxylation is 3. The zero-order valence-electron chi connectivity index (χ0n) is 16.3. The summed E-state index contributed by atoms with van der Waals surface area (Å²) in [6.45, 7) is 7.33. The number of aromatic nitrogens is 2. The maximum Gasteiger partial charge on any atom is 0.274 e. The molecule has 2 aromatic carbocycles. The van der Waals surface area contributed by atoms with Gasteiger partial charge in [-0.05, 0) is 57.5 Å². The van der Waals surface area contributed by atoms with E-state index in [1.54, 1.807) is 30.3 Å². The standard InChI is InChI=1S/C22H22N4O2/c1-13-8-9-19(14(2)10-13)25-22-23-15(3)11-20(26-22)21(28)24-18-7-5-6-17(12-18)16(4)27/h5-12H,1-4H3,(H,24,28)(H,23,25,26). The summed E-state index contributed by atoms with van der Waals surface area (Å²) in [5.41, 5.74) is 5.11. The predicted octanol–water partition coefficient (Wildman–Crippen LogP) is 4.60. The van der Waals surface area contributed by atoms with Gasteiger partial charge in [0.1, 0.15) is 5.69 Å². The second-order valence-electron chi connectivity index (χ2n) is 6.75. The Morgan fingerprint density at radius 3 is 2.43 bits per heavy atom. The number of anilines is 3. The fraction of sp³-hybridized carbons (Fsp3) is 0.182. The van der Waals surface area contributed by atoms with Crippen LogP contribution in [0.3, 0.4) is 0 Å². The van der Waals surface area contributed by atoms with Gasteiger partial charge in [0, 0.05) is 22.6 Å². The number of hydrogen-bond donors (Lipinski definition) is 2. The van der Waals surface area contributed by atoms with Gasteiger partial charge in [-0.2, -0.15) is 0 Å². The molecule has 0 spiro atoms. The molecule has 3 aromatic rings. The number of nitrogens with one attached hydrogen (secondary N) is 2. The molecule has 0 saturated heterocycles. The summed E-state index contributed by atoms with van der Waals surface area (Å²) >= 11 is 0. The summed E-state index contributed by atoms with van der Waals surface area (Å²) in [5, 5.41) is 5.96. The number of amides is 1. The first-order chi connectivity index (χ1) is 13.3. The van der Waals surface area contributed by atoms with E-state index in [-0.39, 0.29) is 17.4 Å². The molecule has 28 heavy (non-hydrogen) atoms. The van der Waals surface area contributed by atoms with Crippen molar-refractivity contribution in [3.8, 4) is 0 Å². The monoisotopic (exact) mass is 374 g/mol. The van der Waals surface area contributed by atoms with Gasteiger partial charge >= 0.3 is 0 Å². The molecule has 0 aliphatic rings. The Labute approximate surface area is 164 Å². The normalized spacial score (nSPS) is 10.4. The van der Waals surface area contributed by atoms with Crippen molar-refractivity contribution in [3.63, 3.8) is 0 Å². The molecule has 0 unspecified atom stereocenters. The molecule has 0 fully saturated rings. The molecule has 6 heteroatoms. The van der Waals surface area contributed by atoms with Crippen LogP contribution in [0.2, 0.25) is 0 Å². The fourth-order valence-corrected chi connectivity index (χ4v) is 2.83. The molecule has 1 heterocycles. The van der Waals surface area contributed by atoms with Crippen LogP contribution in [0.5, 0.6) is 0 Å². The molecule has 0 radical (unpaired) electrons. The van der Waals surface area contributed by atoms with E-state index in [2.05, 4.69) is 26.7 Å². The van der Waals surface area contributed by atoms with Gasteiger partial charge in [-0.3, -0.25) is 9.59 Å². The highest BCUT2D eigenvalue weighted by atomic mass is 16.2. The summed E-state index contributed by atoms with van der Waals surface area (Å²) < 4.78 is 0. The van der Waals surface area contributed by atoms with Crippen LogP contribution in [0.1, 0.15) is 44.6 Å². The second kappa shape index (κ2) is 8.00. The third-order valence-corrected chi connectivity index (χ3v) is 4.24. The Kier molecular flexibility index (Phi) is 5.49. The van der Waals surface area contributed by atoms with E-state index >= 15 is 0 Å². The lowest BCUT2D eigenvalue weighted by Gasteiger charge is -2.11. The molecule has 6 nitrogen and oxygen atoms in total. The smallest absolute Gasteiger partial charge is 0.274 e. The zero-order chi connectivity index (χ0) is 20.3. The van der Waals surface area contributed by atoms with Crippen LogP contribution in [0.4, 0.5) is 17.3 Å². The number of hydrogen-bond acceptors (Lipinski definition) is 5. The van der Waals surface area contributed by atoms with Crippen LogP contribution in [-0.4, -0.2) is 21.7 Å². The third-order valence-electron chi connectivity index (χ3n) is 4.24. The van der Waals surface area contributed by atoms with Crippen molar-refractivity contribution in [2.24, 2.45) is 0 Å². The number of carbonyl (C=O) groups excluding carboxylic acids is 2. The van der Waals surface area contributed by atoms with Crippen LogP contribution in [0, 0.1) is 20.8 Å². The minimum absolute atomic E-state index is 0.0612. The van der Waals surface area contributed by atoms with Crippen LogP contribution < -0.4 is 10.6 Å². The fourth-order valence-electron chi connectivity index (χ4n) is 2.83. The van der Waals surface area contributed by atoms with Gasteiger partial charge in [-0.1, -0.05) is 29.8 Å².